The number of nitrogens with zero attached hydrogens (tertiary/aromatic N) is 2. The zero-order valence-electron chi connectivity index (χ0n) is 8.75. The Morgan fingerprint density at radius 1 is 1.23 bits per heavy atom. The summed E-state index contributed by atoms with van der Waals surface area (Å²) in [5.41, 5.74) is 1.14. The van der Waals surface area contributed by atoms with Gasteiger partial charge in [-0.15, -0.1) is 0 Å². The van der Waals surface area contributed by atoms with Crippen LogP contribution >= 0.6 is 0 Å². The van der Waals surface area contributed by atoms with Crippen molar-refractivity contribution in [3.63, 3.8) is 0 Å². The highest BCUT2D eigenvalue weighted by Crippen LogP contribution is 2.37. The molecule has 1 aliphatic rings. The first kappa shape index (κ1) is 10.2. The molecule has 0 amide bonds. The summed E-state index contributed by atoms with van der Waals surface area (Å²) in [5.74, 6) is 1.71. The zero-order chi connectivity index (χ0) is 9.68. The van der Waals surface area contributed by atoms with Crippen LogP contribution in [0.3, 0.4) is 0 Å². The highest BCUT2D eigenvalue weighted by molar-refractivity contribution is 5.08. The van der Waals surface area contributed by atoms with Gasteiger partial charge in [0.25, 0.3) is 0 Å². The van der Waals surface area contributed by atoms with Gasteiger partial charge >= 0.3 is 0 Å². The highest BCUT2D eigenvalue weighted by atomic mass is 14.9. The van der Waals surface area contributed by atoms with E-state index >= 15 is 0 Å². The maximum absolute atomic E-state index is 4.23. The zero-order valence-corrected chi connectivity index (χ0v) is 8.75. The van der Waals surface area contributed by atoms with Crippen molar-refractivity contribution in [2.75, 3.05) is 0 Å². The van der Waals surface area contributed by atoms with E-state index < -0.39 is 0 Å². The molecule has 1 heterocycles. The van der Waals surface area contributed by atoms with Crippen LogP contribution < -0.4 is 0 Å². The molecule has 0 spiro atoms. The van der Waals surface area contributed by atoms with E-state index in [1.807, 2.05) is 19.3 Å². The predicted molar refractivity (Wildman–Crippen MR) is 54.7 cm³/mol. The fourth-order valence-electron chi connectivity index (χ4n) is 0.955. The Bertz CT molecular complexity index is 237. The van der Waals surface area contributed by atoms with Crippen molar-refractivity contribution in [1.29, 1.82) is 0 Å². The Labute approximate surface area is 80.4 Å². The largest absolute Gasteiger partial charge is 0.241 e. The lowest BCUT2D eigenvalue weighted by Gasteiger charge is -1.94. The van der Waals surface area contributed by atoms with Crippen LogP contribution in [0, 0.1) is 6.92 Å². The Morgan fingerprint density at radius 2 is 1.69 bits per heavy atom. The summed E-state index contributed by atoms with van der Waals surface area (Å²) in [6, 6.07) is 0. The molecule has 0 bridgehead atoms. The number of rotatable bonds is 1. The molecule has 0 aliphatic heterocycles. The monoisotopic (exact) mass is 178 g/mol. The Balaban J connectivity index is 0.000000251. The van der Waals surface area contributed by atoms with Gasteiger partial charge in [0.1, 0.15) is 5.82 Å². The molecule has 1 aromatic heterocycles. The third kappa shape index (κ3) is 3.53. The van der Waals surface area contributed by atoms with Gasteiger partial charge in [0, 0.05) is 18.3 Å². The van der Waals surface area contributed by atoms with E-state index in [1.54, 1.807) is 0 Å². The molecular formula is C11H18N2. The highest BCUT2D eigenvalue weighted by Gasteiger charge is 2.25. The molecule has 0 atom stereocenters. The van der Waals surface area contributed by atoms with Crippen LogP contribution in [-0.4, -0.2) is 9.97 Å². The molecular weight excluding hydrogens is 160 g/mol. The van der Waals surface area contributed by atoms with Gasteiger partial charge < -0.3 is 0 Å². The van der Waals surface area contributed by atoms with E-state index in [4.69, 9.17) is 0 Å². The van der Waals surface area contributed by atoms with Crippen LogP contribution in [0.2, 0.25) is 0 Å². The van der Waals surface area contributed by atoms with Crippen LogP contribution in [0.4, 0.5) is 0 Å². The lowest BCUT2D eigenvalue weighted by atomic mass is 10.3. The molecule has 0 radical (unpaired) electrons. The van der Waals surface area contributed by atoms with Crippen LogP contribution in [0.1, 0.15) is 50.4 Å². The van der Waals surface area contributed by atoms with Crippen molar-refractivity contribution < 1.29 is 0 Å². The molecule has 1 saturated carbocycles. The number of aromatic nitrogens is 2. The van der Waals surface area contributed by atoms with Gasteiger partial charge in [-0.2, -0.15) is 0 Å². The SMILES string of the molecule is CCC.Cc1cnc(C2CC2)nc1. The average Bonchev–Trinajstić information content (AvgIpc) is 2.90. The number of hydrogen-bond donors (Lipinski definition) is 0. The van der Waals surface area contributed by atoms with Crippen molar-refractivity contribution >= 4 is 0 Å². The first-order chi connectivity index (χ1) is 6.27. The van der Waals surface area contributed by atoms with E-state index in [9.17, 15) is 0 Å². The van der Waals surface area contributed by atoms with Crippen molar-refractivity contribution in [2.45, 2.75) is 46.0 Å². The molecule has 2 rings (SSSR count). The minimum absolute atomic E-state index is 0.681. The second-order valence-electron chi connectivity index (χ2n) is 3.60. The summed E-state index contributed by atoms with van der Waals surface area (Å²) in [7, 11) is 0. The van der Waals surface area contributed by atoms with Gasteiger partial charge in [0.15, 0.2) is 0 Å². The lowest BCUT2D eigenvalue weighted by Crippen LogP contribution is -1.90. The first-order valence-corrected chi connectivity index (χ1v) is 5.06. The Morgan fingerprint density at radius 3 is 2.08 bits per heavy atom. The van der Waals surface area contributed by atoms with Crippen molar-refractivity contribution in [2.24, 2.45) is 0 Å². The summed E-state index contributed by atoms with van der Waals surface area (Å²) in [6.45, 7) is 6.26. The lowest BCUT2D eigenvalue weighted by molar-refractivity contribution is 0.917. The Hall–Kier alpha value is -0.920. The van der Waals surface area contributed by atoms with E-state index in [2.05, 4.69) is 23.8 Å². The smallest absolute Gasteiger partial charge is 0.131 e. The average molecular weight is 178 g/mol. The molecule has 0 N–H and O–H groups in total. The summed E-state index contributed by atoms with van der Waals surface area (Å²) < 4.78 is 0. The second-order valence-corrected chi connectivity index (χ2v) is 3.60. The van der Waals surface area contributed by atoms with Gasteiger partial charge in [-0.25, -0.2) is 9.97 Å². The standard InChI is InChI=1S/C8H10N2.C3H8/c1-6-4-9-8(10-5-6)7-2-3-7;1-3-2/h4-5,7H,2-3H2,1H3;3H2,1-2H3. The van der Waals surface area contributed by atoms with Crippen LogP contribution in [0.5, 0.6) is 0 Å². The van der Waals surface area contributed by atoms with Crippen LogP contribution in [-0.2, 0) is 0 Å². The fourth-order valence-corrected chi connectivity index (χ4v) is 0.955. The molecule has 1 aromatic rings. The minimum atomic E-state index is 0.681. The second kappa shape index (κ2) is 4.95. The quantitative estimate of drug-likeness (QED) is 0.660. The number of hydrogen-bond acceptors (Lipinski definition) is 2. The fraction of sp³-hybridized carbons (Fsp3) is 0.636. The summed E-state index contributed by atoms with van der Waals surface area (Å²) in [5, 5.41) is 0. The van der Waals surface area contributed by atoms with Crippen LogP contribution in [0.15, 0.2) is 12.4 Å². The summed E-state index contributed by atoms with van der Waals surface area (Å²) >= 11 is 0. The molecule has 72 valence electrons. The first-order valence-electron chi connectivity index (χ1n) is 5.06. The van der Waals surface area contributed by atoms with Gasteiger partial charge in [0.05, 0.1) is 0 Å². The summed E-state index contributed by atoms with van der Waals surface area (Å²) in [4.78, 5) is 8.46. The van der Waals surface area contributed by atoms with E-state index in [-0.39, 0.29) is 0 Å². The minimum Gasteiger partial charge on any atom is -0.241 e. The topological polar surface area (TPSA) is 25.8 Å². The third-order valence-electron chi connectivity index (χ3n) is 1.74. The van der Waals surface area contributed by atoms with Crippen molar-refractivity contribution in [1.82, 2.24) is 9.97 Å². The van der Waals surface area contributed by atoms with Gasteiger partial charge in [-0.05, 0) is 25.3 Å². The predicted octanol–water partition coefficient (Wildman–Crippen LogP) is 3.08. The molecule has 1 fully saturated rings. The van der Waals surface area contributed by atoms with Gasteiger partial charge in [-0.1, -0.05) is 20.3 Å². The molecule has 13 heavy (non-hydrogen) atoms. The maximum atomic E-state index is 4.23. The normalized spacial score (nSPS) is 14.7. The maximum Gasteiger partial charge on any atom is 0.131 e. The molecule has 2 heteroatoms. The molecule has 2 nitrogen and oxygen atoms in total. The van der Waals surface area contributed by atoms with Crippen LogP contribution in [0.25, 0.3) is 0 Å². The van der Waals surface area contributed by atoms with E-state index in [0.29, 0.717) is 5.92 Å². The number of aryl methyl sites for hydroxylation is 1. The van der Waals surface area contributed by atoms with E-state index in [0.717, 1.165) is 11.4 Å². The van der Waals surface area contributed by atoms with E-state index in [1.165, 1.54) is 19.3 Å². The Kier molecular flexibility index (Phi) is 3.87. The molecule has 1 aliphatic carbocycles. The van der Waals surface area contributed by atoms with Crippen molar-refractivity contribution in [3.05, 3.63) is 23.8 Å². The third-order valence-corrected chi connectivity index (χ3v) is 1.74. The summed E-state index contributed by atoms with van der Waals surface area (Å²) in [6.07, 6.45) is 7.59. The molecule has 0 saturated heterocycles. The van der Waals surface area contributed by atoms with Gasteiger partial charge in [-0.3, -0.25) is 0 Å². The van der Waals surface area contributed by atoms with Gasteiger partial charge in [0.2, 0.25) is 0 Å². The van der Waals surface area contributed by atoms with Crippen molar-refractivity contribution in [3.8, 4) is 0 Å². The molecule has 0 unspecified atom stereocenters. The molecule has 0 aromatic carbocycles.